The molecule has 1 fully saturated rings. The highest BCUT2D eigenvalue weighted by Crippen LogP contribution is 2.14. The largest absolute Gasteiger partial charge is 0.378 e. The second-order valence-corrected chi connectivity index (χ2v) is 5.61. The fourth-order valence-corrected chi connectivity index (χ4v) is 2.15. The van der Waals surface area contributed by atoms with E-state index >= 15 is 0 Å². The molecular formula is C15H27NO3. The van der Waals surface area contributed by atoms with Crippen LogP contribution >= 0.6 is 0 Å². The van der Waals surface area contributed by atoms with Gasteiger partial charge in [0.1, 0.15) is 11.6 Å². The summed E-state index contributed by atoms with van der Waals surface area (Å²) in [6, 6.07) is 0. The lowest BCUT2D eigenvalue weighted by atomic mass is 10.0. The minimum Gasteiger partial charge on any atom is -0.378 e. The van der Waals surface area contributed by atoms with E-state index in [2.05, 4.69) is 4.90 Å². The van der Waals surface area contributed by atoms with Gasteiger partial charge in [0.05, 0.1) is 19.3 Å². The first-order valence-corrected chi connectivity index (χ1v) is 7.41. The molecule has 110 valence electrons. The van der Waals surface area contributed by atoms with Crippen LogP contribution in [0.25, 0.3) is 0 Å². The number of ether oxygens (including phenoxy) is 1. The van der Waals surface area contributed by atoms with E-state index in [9.17, 15) is 9.59 Å². The summed E-state index contributed by atoms with van der Waals surface area (Å²) >= 11 is 0. The van der Waals surface area contributed by atoms with E-state index in [0.717, 1.165) is 25.9 Å². The van der Waals surface area contributed by atoms with E-state index in [-0.39, 0.29) is 17.8 Å². The van der Waals surface area contributed by atoms with E-state index in [1.165, 1.54) is 0 Å². The number of rotatable bonds is 8. The predicted octanol–water partition coefficient (Wildman–Crippen LogP) is 2.06. The molecule has 0 aliphatic carbocycles. The summed E-state index contributed by atoms with van der Waals surface area (Å²) in [5.74, 6) is 0.696. The molecule has 0 aromatic rings. The molecule has 0 aromatic carbocycles. The van der Waals surface area contributed by atoms with Crippen molar-refractivity contribution >= 4 is 11.6 Å². The Balaban J connectivity index is 2.15. The fourth-order valence-electron chi connectivity index (χ4n) is 2.15. The molecule has 0 spiro atoms. The Morgan fingerprint density at radius 2 is 1.89 bits per heavy atom. The first kappa shape index (κ1) is 16.3. The van der Waals surface area contributed by atoms with Crippen LogP contribution in [0.4, 0.5) is 0 Å². The Kier molecular flexibility index (Phi) is 7.24. The second kappa shape index (κ2) is 8.43. The molecule has 1 saturated heterocycles. The lowest BCUT2D eigenvalue weighted by Gasteiger charge is -2.31. The van der Waals surface area contributed by atoms with E-state index in [1.54, 1.807) is 0 Å². The third-order valence-electron chi connectivity index (χ3n) is 3.69. The van der Waals surface area contributed by atoms with Crippen LogP contribution in [-0.2, 0) is 14.3 Å². The van der Waals surface area contributed by atoms with Crippen molar-refractivity contribution < 1.29 is 14.3 Å². The van der Waals surface area contributed by atoms with Gasteiger partial charge in [0.2, 0.25) is 0 Å². The molecule has 1 aliphatic rings. The summed E-state index contributed by atoms with van der Waals surface area (Å²) in [7, 11) is 0. The minimum absolute atomic E-state index is 0.119. The number of Topliss-reactive ketones (excluding diaryl/α,β-unsaturated/α-hetero) is 2. The number of hydrogen-bond acceptors (Lipinski definition) is 4. The van der Waals surface area contributed by atoms with Crippen molar-refractivity contribution in [3.8, 4) is 0 Å². The number of nitrogens with zero attached hydrogens (tertiary/aromatic N) is 1. The predicted molar refractivity (Wildman–Crippen MR) is 75.2 cm³/mol. The molecule has 0 atom stereocenters. The Labute approximate surface area is 116 Å². The molecule has 4 heteroatoms. The molecule has 0 amide bonds. The van der Waals surface area contributed by atoms with Crippen LogP contribution in [0.1, 0.15) is 46.5 Å². The summed E-state index contributed by atoms with van der Waals surface area (Å²) in [5.41, 5.74) is 0. The van der Waals surface area contributed by atoms with E-state index in [0.29, 0.717) is 31.8 Å². The molecule has 0 aromatic heterocycles. The first-order valence-electron chi connectivity index (χ1n) is 7.41. The van der Waals surface area contributed by atoms with Crippen LogP contribution in [0.3, 0.4) is 0 Å². The monoisotopic (exact) mass is 269 g/mol. The summed E-state index contributed by atoms with van der Waals surface area (Å²) in [6.07, 6.45) is 3.31. The maximum atomic E-state index is 11.7. The molecule has 0 saturated carbocycles. The second-order valence-electron chi connectivity index (χ2n) is 5.61. The summed E-state index contributed by atoms with van der Waals surface area (Å²) in [6.45, 7) is 8.73. The Morgan fingerprint density at radius 1 is 1.26 bits per heavy atom. The Bertz CT molecular complexity index is 294. The molecule has 4 nitrogen and oxygen atoms in total. The van der Waals surface area contributed by atoms with Gasteiger partial charge in [0.15, 0.2) is 0 Å². The first-order chi connectivity index (χ1) is 9.02. The third-order valence-corrected chi connectivity index (χ3v) is 3.69. The highest BCUT2D eigenvalue weighted by molar-refractivity contribution is 5.82. The zero-order valence-corrected chi connectivity index (χ0v) is 12.5. The molecule has 1 aliphatic heterocycles. The van der Waals surface area contributed by atoms with Gasteiger partial charge in [-0.2, -0.15) is 0 Å². The zero-order chi connectivity index (χ0) is 14.3. The lowest BCUT2D eigenvalue weighted by molar-refractivity contribution is -0.124. The van der Waals surface area contributed by atoms with Crippen LogP contribution in [-0.4, -0.2) is 48.8 Å². The molecule has 0 radical (unpaired) electrons. The number of carbonyl (C=O) groups is 2. The van der Waals surface area contributed by atoms with Crippen molar-refractivity contribution in [3.63, 3.8) is 0 Å². The topological polar surface area (TPSA) is 46.6 Å². The molecule has 0 bridgehead atoms. The quantitative estimate of drug-likeness (QED) is 0.676. The molecule has 1 heterocycles. The zero-order valence-electron chi connectivity index (χ0n) is 12.5. The van der Waals surface area contributed by atoms with Gasteiger partial charge in [-0.3, -0.25) is 14.5 Å². The van der Waals surface area contributed by atoms with Crippen molar-refractivity contribution in [1.82, 2.24) is 4.90 Å². The van der Waals surface area contributed by atoms with Gasteiger partial charge in [-0.25, -0.2) is 0 Å². The van der Waals surface area contributed by atoms with Gasteiger partial charge in [0, 0.05) is 31.8 Å². The van der Waals surface area contributed by atoms with Crippen LogP contribution in [0.5, 0.6) is 0 Å². The van der Waals surface area contributed by atoms with Crippen molar-refractivity contribution in [2.45, 2.75) is 52.6 Å². The smallest absolute Gasteiger partial charge is 0.149 e. The number of hydrogen-bond donors (Lipinski definition) is 0. The summed E-state index contributed by atoms with van der Waals surface area (Å²) in [4.78, 5) is 25.0. The van der Waals surface area contributed by atoms with E-state index < -0.39 is 0 Å². The van der Waals surface area contributed by atoms with E-state index in [1.807, 2.05) is 20.8 Å². The average molecular weight is 269 g/mol. The van der Waals surface area contributed by atoms with Gasteiger partial charge in [-0.15, -0.1) is 0 Å². The van der Waals surface area contributed by atoms with Gasteiger partial charge < -0.3 is 4.74 Å². The van der Waals surface area contributed by atoms with Gasteiger partial charge in [-0.1, -0.05) is 20.8 Å². The number of piperidine rings is 1. The Morgan fingerprint density at radius 3 is 2.42 bits per heavy atom. The maximum absolute atomic E-state index is 11.7. The fraction of sp³-hybridized carbons (Fsp3) is 0.867. The lowest BCUT2D eigenvalue weighted by Crippen LogP contribution is -2.40. The van der Waals surface area contributed by atoms with Crippen molar-refractivity contribution in [1.29, 1.82) is 0 Å². The van der Waals surface area contributed by atoms with Crippen LogP contribution in [0.15, 0.2) is 0 Å². The highest BCUT2D eigenvalue weighted by Gasteiger charge is 2.22. The van der Waals surface area contributed by atoms with Crippen LogP contribution in [0.2, 0.25) is 0 Å². The number of likely N-dealkylation sites (tertiary alicyclic amines) is 1. The SMILES string of the molecule is CCC(=O)CCOC1CCN(CC(=O)C(C)C)CC1. The molecule has 19 heavy (non-hydrogen) atoms. The molecule has 0 N–H and O–H groups in total. The van der Waals surface area contributed by atoms with Crippen molar-refractivity contribution in [3.05, 3.63) is 0 Å². The van der Waals surface area contributed by atoms with Gasteiger partial charge >= 0.3 is 0 Å². The molecular weight excluding hydrogens is 242 g/mol. The van der Waals surface area contributed by atoms with Gasteiger partial charge in [0.25, 0.3) is 0 Å². The maximum Gasteiger partial charge on any atom is 0.149 e. The summed E-state index contributed by atoms with van der Waals surface area (Å²) < 4.78 is 5.72. The highest BCUT2D eigenvalue weighted by atomic mass is 16.5. The normalized spacial score (nSPS) is 17.9. The van der Waals surface area contributed by atoms with Crippen molar-refractivity contribution in [2.75, 3.05) is 26.2 Å². The van der Waals surface area contributed by atoms with Crippen LogP contribution < -0.4 is 0 Å². The molecule has 0 unspecified atom stereocenters. The third kappa shape index (κ3) is 6.30. The standard InChI is InChI=1S/C15H27NO3/c1-4-13(17)7-10-19-14-5-8-16(9-6-14)11-15(18)12(2)3/h12,14H,4-11H2,1-3H3. The number of ketones is 2. The minimum atomic E-state index is 0.119. The van der Waals surface area contributed by atoms with E-state index in [4.69, 9.17) is 4.74 Å². The summed E-state index contributed by atoms with van der Waals surface area (Å²) in [5, 5.41) is 0. The number of carbonyl (C=O) groups excluding carboxylic acids is 2. The van der Waals surface area contributed by atoms with Crippen LogP contribution in [0, 0.1) is 5.92 Å². The van der Waals surface area contributed by atoms with Gasteiger partial charge in [-0.05, 0) is 12.8 Å². The molecule has 1 rings (SSSR count). The van der Waals surface area contributed by atoms with Crippen molar-refractivity contribution in [2.24, 2.45) is 5.92 Å². The average Bonchev–Trinajstić information content (AvgIpc) is 2.40. The Hall–Kier alpha value is -0.740.